The predicted molar refractivity (Wildman–Crippen MR) is 77.9 cm³/mol. The number of Topliss-reactive ketones (excluding diaryl/α,β-unsaturated/α-hetero) is 1. The van der Waals surface area contributed by atoms with Gasteiger partial charge in [-0.15, -0.1) is 0 Å². The van der Waals surface area contributed by atoms with E-state index in [2.05, 4.69) is 4.98 Å². The number of hydrogen-bond donors (Lipinski definition) is 1. The van der Waals surface area contributed by atoms with Gasteiger partial charge in [0.25, 0.3) is 0 Å². The van der Waals surface area contributed by atoms with Gasteiger partial charge in [0.2, 0.25) is 0 Å². The van der Waals surface area contributed by atoms with Crippen LogP contribution in [-0.2, 0) is 6.42 Å². The number of ketones is 1. The molecule has 2 N–H and O–H groups in total. The molecule has 4 heteroatoms. The van der Waals surface area contributed by atoms with Crippen LogP contribution in [0.25, 0.3) is 0 Å². The van der Waals surface area contributed by atoms with Crippen LogP contribution in [0.15, 0.2) is 48.8 Å². The minimum Gasteiger partial charge on any atom is -0.492 e. The van der Waals surface area contributed by atoms with Crippen LogP contribution in [0.1, 0.15) is 22.8 Å². The van der Waals surface area contributed by atoms with Crippen molar-refractivity contribution in [3.05, 3.63) is 59.9 Å². The summed E-state index contributed by atoms with van der Waals surface area (Å²) in [5, 5.41) is 0. The van der Waals surface area contributed by atoms with Gasteiger partial charge in [-0.25, -0.2) is 0 Å². The van der Waals surface area contributed by atoms with Crippen LogP contribution in [0.3, 0.4) is 0 Å². The second kappa shape index (κ2) is 6.82. The van der Waals surface area contributed by atoms with E-state index in [0.717, 1.165) is 5.56 Å². The quantitative estimate of drug-likeness (QED) is 0.817. The van der Waals surface area contributed by atoms with Crippen molar-refractivity contribution in [3.8, 4) is 5.75 Å². The number of benzene rings is 1. The van der Waals surface area contributed by atoms with Gasteiger partial charge < -0.3 is 10.5 Å². The molecule has 2 aromatic rings. The SMILES string of the molecule is CCOc1cncc(C(=O)C(N)Cc2ccccc2)c1. The van der Waals surface area contributed by atoms with E-state index in [0.29, 0.717) is 24.3 Å². The lowest BCUT2D eigenvalue weighted by Crippen LogP contribution is -2.32. The first-order chi connectivity index (χ1) is 9.70. The molecule has 0 bridgehead atoms. The highest BCUT2D eigenvalue weighted by molar-refractivity contribution is 6.00. The molecule has 1 aromatic heterocycles. The highest BCUT2D eigenvalue weighted by atomic mass is 16.5. The lowest BCUT2D eigenvalue weighted by Gasteiger charge is -2.11. The molecule has 0 aliphatic heterocycles. The van der Waals surface area contributed by atoms with Crippen molar-refractivity contribution in [2.75, 3.05) is 6.61 Å². The summed E-state index contributed by atoms with van der Waals surface area (Å²) in [5.41, 5.74) is 7.52. The molecule has 1 unspecified atom stereocenters. The zero-order valence-corrected chi connectivity index (χ0v) is 11.5. The molecule has 2 rings (SSSR count). The van der Waals surface area contributed by atoms with Gasteiger partial charge in [0, 0.05) is 11.8 Å². The molecule has 0 aliphatic carbocycles. The van der Waals surface area contributed by atoms with Gasteiger partial charge in [-0.05, 0) is 25.0 Å². The molecule has 4 nitrogen and oxygen atoms in total. The van der Waals surface area contributed by atoms with Crippen LogP contribution in [0.5, 0.6) is 5.75 Å². The maximum absolute atomic E-state index is 12.3. The number of aromatic nitrogens is 1. The fourth-order valence-electron chi connectivity index (χ4n) is 1.97. The second-order valence-electron chi connectivity index (χ2n) is 4.50. The Kier molecular flexibility index (Phi) is 4.85. The predicted octanol–water partition coefficient (Wildman–Crippen LogP) is 2.23. The molecular formula is C16H18N2O2. The summed E-state index contributed by atoms with van der Waals surface area (Å²) in [5.74, 6) is 0.466. The van der Waals surface area contributed by atoms with E-state index in [-0.39, 0.29) is 5.78 Å². The Morgan fingerprint density at radius 3 is 2.75 bits per heavy atom. The maximum Gasteiger partial charge on any atom is 0.181 e. The number of carbonyl (C=O) groups is 1. The first-order valence-corrected chi connectivity index (χ1v) is 6.62. The summed E-state index contributed by atoms with van der Waals surface area (Å²) in [4.78, 5) is 16.3. The largest absolute Gasteiger partial charge is 0.492 e. The van der Waals surface area contributed by atoms with E-state index in [1.165, 1.54) is 6.20 Å². The number of carbonyl (C=O) groups excluding carboxylic acids is 1. The van der Waals surface area contributed by atoms with Crippen molar-refractivity contribution in [2.45, 2.75) is 19.4 Å². The first kappa shape index (κ1) is 14.2. The molecule has 0 saturated heterocycles. The third kappa shape index (κ3) is 3.65. The third-order valence-electron chi connectivity index (χ3n) is 2.94. The zero-order valence-electron chi connectivity index (χ0n) is 11.5. The molecule has 1 aromatic carbocycles. The molecule has 0 spiro atoms. The fraction of sp³-hybridized carbons (Fsp3) is 0.250. The van der Waals surface area contributed by atoms with E-state index < -0.39 is 6.04 Å². The smallest absolute Gasteiger partial charge is 0.181 e. The molecule has 20 heavy (non-hydrogen) atoms. The van der Waals surface area contributed by atoms with Crippen molar-refractivity contribution >= 4 is 5.78 Å². The standard InChI is InChI=1S/C16H18N2O2/c1-2-20-14-9-13(10-18-11-14)16(19)15(17)8-12-6-4-3-5-7-12/h3-7,9-11,15H,2,8,17H2,1H3. The second-order valence-corrected chi connectivity index (χ2v) is 4.50. The van der Waals surface area contributed by atoms with Crippen LogP contribution >= 0.6 is 0 Å². The van der Waals surface area contributed by atoms with Crippen molar-refractivity contribution in [2.24, 2.45) is 5.73 Å². The van der Waals surface area contributed by atoms with Crippen LogP contribution < -0.4 is 10.5 Å². The average molecular weight is 270 g/mol. The molecule has 1 atom stereocenters. The number of nitrogens with zero attached hydrogens (tertiary/aromatic N) is 1. The summed E-state index contributed by atoms with van der Waals surface area (Å²) in [6.07, 6.45) is 3.62. The third-order valence-corrected chi connectivity index (χ3v) is 2.94. The van der Waals surface area contributed by atoms with Crippen molar-refractivity contribution in [1.82, 2.24) is 4.98 Å². The van der Waals surface area contributed by atoms with Crippen LogP contribution in [0.2, 0.25) is 0 Å². The van der Waals surface area contributed by atoms with Crippen LogP contribution in [-0.4, -0.2) is 23.4 Å². The molecule has 104 valence electrons. The Balaban J connectivity index is 2.08. The highest BCUT2D eigenvalue weighted by Gasteiger charge is 2.17. The monoisotopic (exact) mass is 270 g/mol. The van der Waals surface area contributed by atoms with Gasteiger partial charge in [-0.3, -0.25) is 9.78 Å². The summed E-state index contributed by atoms with van der Waals surface area (Å²) in [6, 6.07) is 10.8. The Labute approximate surface area is 118 Å². The van der Waals surface area contributed by atoms with Gasteiger partial charge in [-0.2, -0.15) is 0 Å². The van der Waals surface area contributed by atoms with E-state index in [1.807, 2.05) is 37.3 Å². The maximum atomic E-state index is 12.3. The number of ether oxygens (including phenoxy) is 1. The average Bonchev–Trinajstić information content (AvgIpc) is 2.48. The lowest BCUT2D eigenvalue weighted by molar-refractivity contribution is 0.0960. The highest BCUT2D eigenvalue weighted by Crippen LogP contribution is 2.14. The minimum absolute atomic E-state index is 0.122. The summed E-state index contributed by atoms with van der Waals surface area (Å²) in [7, 11) is 0. The van der Waals surface area contributed by atoms with Crippen LogP contribution in [0, 0.1) is 0 Å². The van der Waals surface area contributed by atoms with Crippen LogP contribution in [0.4, 0.5) is 0 Å². The Hall–Kier alpha value is -2.20. The minimum atomic E-state index is -0.573. The molecule has 1 heterocycles. The Bertz CT molecular complexity index is 570. The lowest BCUT2D eigenvalue weighted by atomic mass is 9.99. The molecule has 0 amide bonds. The topological polar surface area (TPSA) is 65.2 Å². The summed E-state index contributed by atoms with van der Waals surface area (Å²) < 4.78 is 5.34. The number of pyridine rings is 1. The van der Waals surface area contributed by atoms with E-state index in [9.17, 15) is 4.79 Å². The summed E-state index contributed by atoms with van der Waals surface area (Å²) in [6.45, 7) is 2.42. The van der Waals surface area contributed by atoms with Gasteiger partial charge in [-0.1, -0.05) is 30.3 Å². The first-order valence-electron chi connectivity index (χ1n) is 6.62. The van der Waals surface area contributed by atoms with Gasteiger partial charge in [0.15, 0.2) is 5.78 Å². The molecule has 0 aliphatic rings. The zero-order chi connectivity index (χ0) is 14.4. The van der Waals surface area contributed by atoms with E-state index >= 15 is 0 Å². The number of nitrogens with two attached hydrogens (primary N) is 1. The molecule has 0 radical (unpaired) electrons. The van der Waals surface area contributed by atoms with Gasteiger partial charge in [0.05, 0.1) is 18.8 Å². The number of hydrogen-bond acceptors (Lipinski definition) is 4. The normalized spacial score (nSPS) is 11.9. The molecule has 0 saturated carbocycles. The van der Waals surface area contributed by atoms with E-state index in [1.54, 1.807) is 12.3 Å². The fourth-order valence-corrected chi connectivity index (χ4v) is 1.97. The molecular weight excluding hydrogens is 252 g/mol. The Morgan fingerprint density at radius 1 is 1.30 bits per heavy atom. The molecule has 0 fully saturated rings. The Morgan fingerprint density at radius 2 is 2.05 bits per heavy atom. The van der Waals surface area contributed by atoms with Crippen molar-refractivity contribution in [3.63, 3.8) is 0 Å². The van der Waals surface area contributed by atoms with Gasteiger partial charge >= 0.3 is 0 Å². The van der Waals surface area contributed by atoms with Gasteiger partial charge in [0.1, 0.15) is 5.75 Å². The van der Waals surface area contributed by atoms with E-state index in [4.69, 9.17) is 10.5 Å². The summed E-state index contributed by atoms with van der Waals surface area (Å²) >= 11 is 0. The number of rotatable bonds is 6. The van der Waals surface area contributed by atoms with Crippen molar-refractivity contribution in [1.29, 1.82) is 0 Å². The van der Waals surface area contributed by atoms with Crippen molar-refractivity contribution < 1.29 is 9.53 Å².